The average molecular weight is 281 g/mol. The first-order valence-electron chi connectivity index (χ1n) is 7.31. The molecule has 1 amide bonds. The highest BCUT2D eigenvalue weighted by Crippen LogP contribution is 2.29. The topological polar surface area (TPSA) is 40.5 Å². The molecule has 2 atom stereocenters. The first kappa shape index (κ1) is 13.8. The molecule has 0 unspecified atom stereocenters. The van der Waals surface area contributed by atoms with Crippen molar-refractivity contribution in [3.05, 3.63) is 71.8 Å². The highest BCUT2D eigenvalue weighted by Gasteiger charge is 2.35. The Bertz CT molecular complexity index is 593. The lowest BCUT2D eigenvalue weighted by atomic mass is 9.86. The van der Waals surface area contributed by atoms with Crippen molar-refractivity contribution in [2.24, 2.45) is 0 Å². The molecule has 2 aromatic carbocycles. The number of piperidine rings is 1. The standard InChI is InChI=1S/C18H19NO2/c20-17-16(15-9-5-2-6-10-15)11-12-19(18(17)21)13-14-7-3-1-4-8-14/h1-10,16-17,20H,11-13H2/t16-,17-/m0/s1. The third-order valence-corrected chi connectivity index (χ3v) is 4.10. The van der Waals surface area contributed by atoms with Crippen LogP contribution in [0, 0.1) is 0 Å². The third-order valence-electron chi connectivity index (χ3n) is 4.10. The number of nitrogens with zero attached hydrogens (tertiary/aromatic N) is 1. The van der Waals surface area contributed by atoms with Gasteiger partial charge in [0, 0.05) is 19.0 Å². The molecule has 0 spiro atoms. The van der Waals surface area contributed by atoms with Gasteiger partial charge in [-0.15, -0.1) is 0 Å². The summed E-state index contributed by atoms with van der Waals surface area (Å²) in [7, 11) is 0. The molecule has 0 aliphatic carbocycles. The van der Waals surface area contributed by atoms with Gasteiger partial charge in [0.15, 0.2) is 0 Å². The quantitative estimate of drug-likeness (QED) is 0.939. The van der Waals surface area contributed by atoms with E-state index >= 15 is 0 Å². The van der Waals surface area contributed by atoms with E-state index in [2.05, 4.69) is 0 Å². The predicted octanol–water partition coefficient (Wildman–Crippen LogP) is 2.56. The second-order valence-corrected chi connectivity index (χ2v) is 5.50. The van der Waals surface area contributed by atoms with Crippen LogP contribution in [0.2, 0.25) is 0 Å². The van der Waals surface area contributed by atoms with Crippen LogP contribution >= 0.6 is 0 Å². The molecule has 1 N–H and O–H groups in total. The maximum absolute atomic E-state index is 12.4. The fourth-order valence-corrected chi connectivity index (χ4v) is 2.93. The van der Waals surface area contributed by atoms with E-state index in [0.29, 0.717) is 13.1 Å². The second-order valence-electron chi connectivity index (χ2n) is 5.50. The van der Waals surface area contributed by atoms with Crippen LogP contribution in [0.1, 0.15) is 23.5 Å². The van der Waals surface area contributed by atoms with Gasteiger partial charge in [-0.3, -0.25) is 4.79 Å². The summed E-state index contributed by atoms with van der Waals surface area (Å²) in [4.78, 5) is 14.1. The molecule has 3 heteroatoms. The maximum atomic E-state index is 12.4. The summed E-state index contributed by atoms with van der Waals surface area (Å²) in [5.74, 6) is -0.260. The van der Waals surface area contributed by atoms with Crippen molar-refractivity contribution in [2.75, 3.05) is 6.54 Å². The minimum atomic E-state index is -0.940. The van der Waals surface area contributed by atoms with E-state index in [1.165, 1.54) is 0 Å². The Morgan fingerprint density at radius 3 is 2.29 bits per heavy atom. The van der Waals surface area contributed by atoms with E-state index in [-0.39, 0.29) is 11.8 Å². The lowest BCUT2D eigenvalue weighted by molar-refractivity contribution is -0.146. The molecule has 0 bridgehead atoms. The fraction of sp³-hybridized carbons (Fsp3) is 0.278. The number of aliphatic hydroxyl groups excluding tert-OH is 1. The molecule has 0 saturated carbocycles. The van der Waals surface area contributed by atoms with Crippen LogP contribution < -0.4 is 0 Å². The van der Waals surface area contributed by atoms with E-state index in [4.69, 9.17) is 0 Å². The fourth-order valence-electron chi connectivity index (χ4n) is 2.93. The monoisotopic (exact) mass is 281 g/mol. The zero-order valence-electron chi connectivity index (χ0n) is 11.9. The summed E-state index contributed by atoms with van der Waals surface area (Å²) in [6.45, 7) is 1.25. The maximum Gasteiger partial charge on any atom is 0.252 e. The van der Waals surface area contributed by atoms with Crippen molar-refractivity contribution in [3.63, 3.8) is 0 Å². The van der Waals surface area contributed by atoms with Crippen molar-refractivity contribution < 1.29 is 9.90 Å². The first-order valence-corrected chi connectivity index (χ1v) is 7.31. The summed E-state index contributed by atoms with van der Waals surface area (Å²) >= 11 is 0. The third kappa shape index (κ3) is 2.98. The highest BCUT2D eigenvalue weighted by atomic mass is 16.3. The van der Waals surface area contributed by atoms with Crippen LogP contribution in [-0.4, -0.2) is 28.6 Å². The van der Waals surface area contributed by atoms with Gasteiger partial charge < -0.3 is 10.0 Å². The number of carbonyl (C=O) groups excluding carboxylic acids is 1. The van der Waals surface area contributed by atoms with Crippen LogP contribution in [0.15, 0.2) is 60.7 Å². The second kappa shape index (κ2) is 6.10. The van der Waals surface area contributed by atoms with E-state index in [0.717, 1.165) is 17.5 Å². The molecule has 0 radical (unpaired) electrons. The number of carbonyl (C=O) groups is 1. The number of rotatable bonds is 3. The lowest BCUT2D eigenvalue weighted by Gasteiger charge is -2.35. The molecule has 0 aromatic heterocycles. The largest absolute Gasteiger partial charge is 0.383 e. The molecule has 1 saturated heterocycles. The van der Waals surface area contributed by atoms with Gasteiger partial charge in [0.1, 0.15) is 6.10 Å². The number of hydrogen-bond donors (Lipinski definition) is 1. The highest BCUT2D eigenvalue weighted by molar-refractivity contribution is 5.82. The zero-order valence-corrected chi connectivity index (χ0v) is 11.9. The number of likely N-dealkylation sites (tertiary alicyclic amines) is 1. The van der Waals surface area contributed by atoms with E-state index in [9.17, 15) is 9.90 Å². The Morgan fingerprint density at radius 2 is 1.62 bits per heavy atom. The number of benzene rings is 2. The first-order chi connectivity index (χ1) is 10.3. The van der Waals surface area contributed by atoms with Gasteiger partial charge in [0.25, 0.3) is 5.91 Å². The zero-order chi connectivity index (χ0) is 14.7. The summed E-state index contributed by atoms with van der Waals surface area (Å²) in [6.07, 6.45) is -0.145. The molecule has 1 heterocycles. The Kier molecular flexibility index (Phi) is 4.02. The number of amides is 1. The normalized spacial score (nSPS) is 22.3. The number of aliphatic hydroxyl groups is 1. The van der Waals surface area contributed by atoms with Crippen LogP contribution in [0.5, 0.6) is 0 Å². The molecule has 1 fully saturated rings. The van der Waals surface area contributed by atoms with E-state index < -0.39 is 6.10 Å². The minimum Gasteiger partial charge on any atom is -0.383 e. The molecule has 2 aromatic rings. The Balaban J connectivity index is 1.72. The Hall–Kier alpha value is -2.13. The molecule has 108 valence electrons. The van der Waals surface area contributed by atoms with Crippen molar-refractivity contribution in [2.45, 2.75) is 25.0 Å². The van der Waals surface area contributed by atoms with Gasteiger partial charge in [-0.1, -0.05) is 60.7 Å². The van der Waals surface area contributed by atoms with Gasteiger partial charge in [-0.25, -0.2) is 0 Å². The van der Waals surface area contributed by atoms with E-state index in [1.54, 1.807) is 4.90 Å². The summed E-state index contributed by atoms with van der Waals surface area (Å²) in [5, 5.41) is 10.3. The Labute approximate surface area is 124 Å². The van der Waals surface area contributed by atoms with Gasteiger partial charge >= 0.3 is 0 Å². The SMILES string of the molecule is O=C1[C@@H](O)[C@H](c2ccccc2)CCN1Cc1ccccc1. The van der Waals surface area contributed by atoms with Crippen molar-refractivity contribution in [1.82, 2.24) is 4.90 Å². The average Bonchev–Trinajstić information content (AvgIpc) is 2.54. The summed E-state index contributed by atoms with van der Waals surface area (Å²) < 4.78 is 0. The van der Waals surface area contributed by atoms with Crippen LogP contribution in [0.25, 0.3) is 0 Å². The van der Waals surface area contributed by atoms with Crippen LogP contribution in [0.4, 0.5) is 0 Å². The van der Waals surface area contributed by atoms with Gasteiger partial charge in [-0.2, -0.15) is 0 Å². The molecule has 3 nitrogen and oxygen atoms in total. The van der Waals surface area contributed by atoms with Gasteiger partial charge in [0.2, 0.25) is 0 Å². The minimum absolute atomic E-state index is 0.0919. The molecule has 1 aliphatic heterocycles. The smallest absolute Gasteiger partial charge is 0.252 e. The van der Waals surface area contributed by atoms with Crippen molar-refractivity contribution in [3.8, 4) is 0 Å². The van der Waals surface area contributed by atoms with Gasteiger partial charge in [-0.05, 0) is 17.5 Å². The van der Waals surface area contributed by atoms with Crippen LogP contribution in [-0.2, 0) is 11.3 Å². The summed E-state index contributed by atoms with van der Waals surface area (Å²) in [5.41, 5.74) is 2.13. The van der Waals surface area contributed by atoms with Crippen LogP contribution in [0.3, 0.4) is 0 Å². The predicted molar refractivity (Wildman–Crippen MR) is 81.7 cm³/mol. The molecular weight excluding hydrogens is 262 g/mol. The summed E-state index contributed by atoms with van der Waals surface area (Å²) in [6, 6.07) is 19.7. The van der Waals surface area contributed by atoms with E-state index in [1.807, 2.05) is 60.7 Å². The van der Waals surface area contributed by atoms with Gasteiger partial charge in [0.05, 0.1) is 0 Å². The number of hydrogen-bond acceptors (Lipinski definition) is 2. The molecule has 21 heavy (non-hydrogen) atoms. The lowest BCUT2D eigenvalue weighted by Crippen LogP contribution is -2.47. The van der Waals surface area contributed by atoms with Crippen molar-refractivity contribution in [1.29, 1.82) is 0 Å². The van der Waals surface area contributed by atoms with Crippen molar-refractivity contribution >= 4 is 5.91 Å². The molecule has 3 rings (SSSR count). The molecule has 1 aliphatic rings. The Morgan fingerprint density at radius 1 is 1.00 bits per heavy atom. The molecular formula is C18H19NO2.